The first kappa shape index (κ1) is 13.9. The lowest BCUT2D eigenvalue weighted by atomic mass is 9.87. The Hall–Kier alpha value is -0.550. The Morgan fingerprint density at radius 2 is 2.17 bits per heavy atom. The van der Waals surface area contributed by atoms with Crippen LogP contribution in [0.3, 0.4) is 0 Å². The number of hydrogen-bond acceptors (Lipinski definition) is 2. The van der Waals surface area contributed by atoms with Crippen LogP contribution in [0.2, 0.25) is 0 Å². The van der Waals surface area contributed by atoms with Gasteiger partial charge in [0.1, 0.15) is 0 Å². The molecule has 1 aliphatic rings. The average Bonchev–Trinajstić information content (AvgIpc) is 2.67. The third kappa shape index (κ3) is 3.06. The Morgan fingerprint density at radius 1 is 1.44 bits per heavy atom. The molecule has 5 heteroatoms. The van der Waals surface area contributed by atoms with Crippen LogP contribution in [0, 0.1) is 5.92 Å². The lowest BCUT2D eigenvalue weighted by molar-refractivity contribution is -0.176. The van der Waals surface area contributed by atoms with E-state index in [1.165, 1.54) is 16.9 Å². The average molecular weight is 277 g/mol. The molecule has 0 fully saturated rings. The van der Waals surface area contributed by atoms with Crippen LogP contribution in [0.25, 0.3) is 0 Å². The van der Waals surface area contributed by atoms with E-state index in [2.05, 4.69) is 19.2 Å². The van der Waals surface area contributed by atoms with Crippen molar-refractivity contribution in [3.05, 3.63) is 21.4 Å². The summed E-state index contributed by atoms with van der Waals surface area (Å²) < 4.78 is 38.1. The number of hydrogen-bond donors (Lipinski definition) is 1. The molecular formula is C13H18F3NS. The van der Waals surface area contributed by atoms with Gasteiger partial charge in [0.15, 0.2) is 0 Å². The number of nitrogens with one attached hydrogen (secondary N) is 1. The number of rotatable bonds is 3. The summed E-state index contributed by atoms with van der Waals surface area (Å²) in [6, 6.07) is 0.395. The van der Waals surface area contributed by atoms with Gasteiger partial charge in [-0.25, -0.2) is 0 Å². The molecule has 102 valence electrons. The fourth-order valence-electron chi connectivity index (χ4n) is 2.32. The van der Waals surface area contributed by atoms with Crippen molar-refractivity contribution in [3.63, 3.8) is 0 Å². The van der Waals surface area contributed by atoms with Gasteiger partial charge in [0.2, 0.25) is 0 Å². The van der Waals surface area contributed by atoms with E-state index in [1.54, 1.807) is 0 Å². The molecule has 1 N–H and O–H groups in total. The highest BCUT2D eigenvalue weighted by Crippen LogP contribution is 2.40. The van der Waals surface area contributed by atoms with Crippen molar-refractivity contribution in [1.29, 1.82) is 0 Å². The molecule has 0 spiro atoms. The fourth-order valence-corrected chi connectivity index (χ4v) is 3.50. The summed E-state index contributed by atoms with van der Waals surface area (Å²) in [6.45, 7) is 4.90. The second-order valence-corrected chi connectivity index (χ2v) is 6.14. The fraction of sp³-hybridized carbons (Fsp3) is 0.692. The van der Waals surface area contributed by atoms with Gasteiger partial charge < -0.3 is 5.32 Å². The zero-order valence-electron chi connectivity index (χ0n) is 10.6. The van der Waals surface area contributed by atoms with E-state index in [0.717, 1.165) is 17.0 Å². The van der Waals surface area contributed by atoms with Crippen molar-refractivity contribution in [2.24, 2.45) is 5.92 Å². The van der Waals surface area contributed by atoms with Crippen LogP contribution >= 0.6 is 11.3 Å². The van der Waals surface area contributed by atoms with E-state index >= 15 is 0 Å². The highest BCUT2D eigenvalue weighted by Gasteiger charge is 2.41. The first-order chi connectivity index (χ1) is 8.38. The minimum atomic E-state index is -4.04. The van der Waals surface area contributed by atoms with Crippen molar-refractivity contribution < 1.29 is 13.2 Å². The Morgan fingerprint density at radius 3 is 2.78 bits per heavy atom. The first-order valence-electron chi connectivity index (χ1n) is 6.26. The van der Waals surface area contributed by atoms with Crippen molar-refractivity contribution >= 4 is 11.3 Å². The predicted octanol–water partition coefficient (Wildman–Crippen LogP) is 3.91. The molecule has 1 aliphatic carbocycles. The molecule has 1 aromatic rings. The van der Waals surface area contributed by atoms with Crippen LogP contribution in [-0.4, -0.2) is 12.2 Å². The predicted molar refractivity (Wildman–Crippen MR) is 67.9 cm³/mol. The van der Waals surface area contributed by atoms with Crippen LogP contribution < -0.4 is 5.32 Å². The topological polar surface area (TPSA) is 12.0 Å². The van der Waals surface area contributed by atoms with Crippen LogP contribution in [-0.2, 0) is 19.4 Å². The number of thiophene rings is 1. The minimum absolute atomic E-state index is 0.172. The van der Waals surface area contributed by atoms with E-state index in [9.17, 15) is 13.2 Å². The van der Waals surface area contributed by atoms with Crippen molar-refractivity contribution in [1.82, 2.24) is 5.32 Å². The monoisotopic (exact) mass is 277 g/mol. The van der Waals surface area contributed by atoms with E-state index in [4.69, 9.17) is 0 Å². The molecule has 1 atom stereocenters. The molecule has 1 heterocycles. The van der Waals surface area contributed by atoms with Crippen LogP contribution in [0.1, 0.15) is 36.3 Å². The molecule has 0 aliphatic heterocycles. The van der Waals surface area contributed by atoms with Crippen LogP contribution in [0.5, 0.6) is 0 Å². The van der Waals surface area contributed by atoms with Gasteiger partial charge in [-0.2, -0.15) is 13.2 Å². The zero-order chi connectivity index (χ0) is 13.3. The highest BCUT2D eigenvalue weighted by atomic mass is 32.1. The first-order valence-corrected chi connectivity index (χ1v) is 7.14. The summed E-state index contributed by atoms with van der Waals surface area (Å²) in [5.74, 6) is -1.14. The van der Waals surface area contributed by atoms with Crippen molar-refractivity contribution in [3.8, 4) is 0 Å². The third-order valence-electron chi connectivity index (χ3n) is 3.41. The van der Waals surface area contributed by atoms with Gasteiger partial charge >= 0.3 is 6.18 Å². The molecule has 0 saturated heterocycles. The molecule has 0 saturated carbocycles. The summed E-state index contributed by atoms with van der Waals surface area (Å²) in [7, 11) is 0. The lowest BCUT2D eigenvalue weighted by Crippen LogP contribution is -2.29. The minimum Gasteiger partial charge on any atom is -0.310 e. The van der Waals surface area contributed by atoms with Gasteiger partial charge in [-0.3, -0.25) is 0 Å². The molecule has 0 radical (unpaired) electrons. The molecular weight excluding hydrogens is 259 g/mol. The maximum Gasteiger partial charge on any atom is 0.392 e. The van der Waals surface area contributed by atoms with Gasteiger partial charge in [-0.05, 0) is 35.8 Å². The zero-order valence-corrected chi connectivity index (χ0v) is 11.4. The molecule has 18 heavy (non-hydrogen) atoms. The molecule has 1 nitrogen and oxygen atoms in total. The Labute approximate surface area is 109 Å². The molecule has 0 aromatic carbocycles. The van der Waals surface area contributed by atoms with Gasteiger partial charge in [0.25, 0.3) is 0 Å². The smallest absolute Gasteiger partial charge is 0.310 e. The third-order valence-corrected chi connectivity index (χ3v) is 4.51. The number of halogens is 3. The summed E-state index contributed by atoms with van der Waals surface area (Å²) in [6.07, 6.45) is -3.07. The van der Waals surface area contributed by atoms with Gasteiger partial charge in [0.05, 0.1) is 5.92 Å². The quantitative estimate of drug-likeness (QED) is 0.883. The summed E-state index contributed by atoms with van der Waals surface area (Å²) in [5.41, 5.74) is 2.35. The second-order valence-electron chi connectivity index (χ2n) is 5.18. The molecule has 2 rings (SSSR count). The summed E-state index contributed by atoms with van der Waals surface area (Å²) in [4.78, 5) is 0.934. The van der Waals surface area contributed by atoms with E-state index in [-0.39, 0.29) is 12.8 Å². The van der Waals surface area contributed by atoms with Gasteiger partial charge in [0, 0.05) is 17.5 Å². The standard InChI is InChI=1S/C13H18F3NS/c1-8(2)17-6-9-7-18-12-5-10(13(14,15)16)3-4-11(9)12/h7-8,10,17H,3-6H2,1-2H3. The SMILES string of the molecule is CC(C)NCc1csc2c1CCC(C(F)(F)F)C2. The Balaban J connectivity index is 2.07. The molecule has 1 unspecified atom stereocenters. The van der Waals surface area contributed by atoms with Crippen LogP contribution in [0.4, 0.5) is 13.2 Å². The maximum atomic E-state index is 12.7. The Kier molecular flexibility index (Phi) is 4.02. The Bertz CT molecular complexity index is 409. The number of alkyl halides is 3. The maximum absolute atomic E-state index is 12.7. The lowest BCUT2D eigenvalue weighted by Gasteiger charge is -2.25. The second kappa shape index (κ2) is 5.21. The van der Waals surface area contributed by atoms with Gasteiger partial charge in [-0.15, -0.1) is 11.3 Å². The number of fused-ring (bicyclic) bond motifs is 1. The van der Waals surface area contributed by atoms with E-state index in [0.29, 0.717) is 12.5 Å². The van der Waals surface area contributed by atoms with Crippen molar-refractivity contribution in [2.75, 3.05) is 0 Å². The van der Waals surface area contributed by atoms with E-state index in [1.807, 2.05) is 5.38 Å². The molecule has 1 aromatic heterocycles. The summed E-state index contributed by atoms with van der Waals surface area (Å²) >= 11 is 1.48. The van der Waals surface area contributed by atoms with E-state index < -0.39 is 12.1 Å². The van der Waals surface area contributed by atoms with Crippen LogP contribution in [0.15, 0.2) is 5.38 Å². The van der Waals surface area contributed by atoms with Gasteiger partial charge in [-0.1, -0.05) is 13.8 Å². The molecule has 0 amide bonds. The summed E-state index contributed by atoms with van der Waals surface area (Å²) in [5, 5.41) is 5.34. The molecule has 0 bridgehead atoms. The normalized spacial score (nSPS) is 20.2. The van der Waals surface area contributed by atoms with Crippen molar-refractivity contribution in [2.45, 2.75) is 51.9 Å². The highest BCUT2D eigenvalue weighted by molar-refractivity contribution is 7.10. The largest absolute Gasteiger partial charge is 0.392 e.